The van der Waals surface area contributed by atoms with Crippen LogP contribution in [0.25, 0.3) is 0 Å². The number of rotatable bonds is 4. The number of aliphatic hydroxyl groups is 1. The first kappa shape index (κ1) is 13.4. The van der Waals surface area contributed by atoms with Crippen LogP contribution in [0.15, 0.2) is 18.2 Å². The molecule has 0 aromatic heterocycles. The van der Waals surface area contributed by atoms with Crippen LogP contribution >= 0.6 is 0 Å². The molecule has 100 valence electrons. The van der Waals surface area contributed by atoms with Gasteiger partial charge in [-0.15, -0.1) is 0 Å². The third-order valence-corrected chi connectivity index (χ3v) is 4.22. The molecule has 0 aliphatic heterocycles. The molecule has 0 amide bonds. The third-order valence-electron chi connectivity index (χ3n) is 4.22. The van der Waals surface area contributed by atoms with Gasteiger partial charge in [0.15, 0.2) is 0 Å². The summed E-state index contributed by atoms with van der Waals surface area (Å²) >= 11 is 0. The van der Waals surface area contributed by atoms with Gasteiger partial charge >= 0.3 is 0 Å². The molecule has 2 heteroatoms. The minimum absolute atomic E-state index is 0.0579. The maximum absolute atomic E-state index is 9.84. The zero-order chi connectivity index (χ0) is 13.1. The van der Waals surface area contributed by atoms with E-state index in [0.29, 0.717) is 5.92 Å². The Kier molecular flexibility index (Phi) is 4.28. The first-order valence-corrected chi connectivity index (χ1v) is 7.04. The maximum atomic E-state index is 9.84. The van der Waals surface area contributed by atoms with Gasteiger partial charge in [0, 0.05) is 19.3 Å². The molecule has 1 aromatic carbocycles. The van der Waals surface area contributed by atoms with Gasteiger partial charge < -0.3 is 10.0 Å². The molecule has 1 aromatic rings. The van der Waals surface area contributed by atoms with Crippen LogP contribution in [-0.4, -0.2) is 24.8 Å². The largest absolute Gasteiger partial charge is 0.393 e. The van der Waals surface area contributed by atoms with Crippen molar-refractivity contribution < 1.29 is 5.11 Å². The molecule has 1 saturated carbocycles. The Morgan fingerprint density at radius 3 is 2.67 bits per heavy atom. The highest BCUT2D eigenvalue weighted by molar-refractivity contribution is 5.53. The van der Waals surface area contributed by atoms with Gasteiger partial charge in [0.25, 0.3) is 0 Å². The van der Waals surface area contributed by atoms with Crippen molar-refractivity contribution in [3.8, 4) is 0 Å². The molecule has 0 heterocycles. The van der Waals surface area contributed by atoms with Crippen LogP contribution in [-0.2, 0) is 0 Å². The summed E-state index contributed by atoms with van der Waals surface area (Å²) in [7, 11) is 2.15. The van der Waals surface area contributed by atoms with E-state index in [0.717, 1.165) is 19.4 Å². The quantitative estimate of drug-likeness (QED) is 0.882. The van der Waals surface area contributed by atoms with E-state index in [1.165, 1.54) is 29.7 Å². The third kappa shape index (κ3) is 3.05. The van der Waals surface area contributed by atoms with Crippen molar-refractivity contribution >= 4 is 5.69 Å². The second kappa shape index (κ2) is 5.75. The molecule has 18 heavy (non-hydrogen) atoms. The van der Waals surface area contributed by atoms with Gasteiger partial charge in [0.1, 0.15) is 0 Å². The fourth-order valence-corrected chi connectivity index (χ4v) is 3.07. The van der Waals surface area contributed by atoms with E-state index in [2.05, 4.69) is 44.0 Å². The molecule has 0 saturated heterocycles. The molecule has 0 radical (unpaired) electrons. The van der Waals surface area contributed by atoms with Crippen LogP contribution in [0, 0.1) is 19.8 Å². The zero-order valence-electron chi connectivity index (χ0n) is 11.8. The monoisotopic (exact) mass is 247 g/mol. The summed E-state index contributed by atoms with van der Waals surface area (Å²) < 4.78 is 0. The van der Waals surface area contributed by atoms with Crippen molar-refractivity contribution in [3.63, 3.8) is 0 Å². The van der Waals surface area contributed by atoms with Gasteiger partial charge in [-0.2, -0.15) is 0 Å². The van der Waals surface area contributed by atoms with Crippen LogP contribution in [0.1, 0.15) is 36.8 Å². The molecular weight excluding hydrogens is 222 g/mol. The number of hydrogen-bond acceptors (Lipinski definition) is 2. The fraction of sp³-hybridized carbons (Fsp3) is 0.625. The second-order valence-corrected chi connectivity index (χ2v) is 5.76. The maximum Gasteiger partial charge on any atom is 0.0569 e. The number of aliphatic hydroxyl groups excluding tert-OH is 1. The van der Waals surface area contributed by atoms with E-state index < -0.39 is 0 Å². The van der Waals surface area contributed by atoms with Gasteiger partial charge in [0.2, 0.25) is 0 Å². The summed E-state index contributed by atoms with van der Waals surface area (Å²) in [6.45, 7) is 5.33. The van der Waals surface area contributed by atoms with Crippen molar-refractivity contribution in [2.75, 3.05) is 18.5 Å². The Morgan fingerprint density at radius 2 is 2.06 bits per heavy atom. The van der Waals surface area contributed by atoms with Crippen molar-refractivity contribution in [1.82, 2.24) is 0 Å². The molecule has 2 nitrogen and oxygen atoms in total. The minimum Gasteiger partial charge on any atom is -0.393 e. The predicted molar refractivity (Wildman–Crippen MR) is 77.2 cm³/mol. The molecule has 2 rings (SSSR count). The van der Waals surface area contributed by atoms with Crippen LogP contribution in [0.4, 0.5) is 5.69 Å². The molecule has 1 fully saturated rings. The van der Waals surface area contributed by atoms with Crippen LogP contribution < -0.4 is 4.90 Å². The van der Waals surface area contributed by atoms with Crippen LogP contribution in [0.5, 0.6) is 0 Å². The molecule has 0 bridgehead atoms. The number of benzene rings is 1. The number of nitrogens with zero attached hydrogens (tertiary/aromatic N) is 1. The number of aryl methyl sites for hydroxylation is 2. The van der Waals surface area contributed by atoms with Gasteiger partial charge in [-0.3, -0.25) is 0 Å². The summed E-state index contributed by atoms with van der Waals surface area (Å²) in [6.07, 6.45) is 4.43. The molecule has 1 N–H and O–H groups in total. The Bertz CT molecular complexity index is 402. The van der Waals surface area contributed by atoms with Crippen molar-refractivity contribution in [2.45, 2.75) is 45.6 Å². The first-order valence-electron chi connectivity index (χ1n) is 7.04. The van der Waals surface area contributed by atoms with Gasteiger partial charge in [-0.1, -0.05) is 24.1 Å². The lowest BCUT2D eigenvalue weighted by molar-refractivity contribution is 0.129. The smallest absolute Gasteiger partial charge is 0.0569 e. The highest BCUT2D eigenvalue weighted by Crippen LogP contribution is 2.29. The van der Waals surface area contributed by atoms with E-state index in [4.69, 9.17) is 0 Å². The fourth-order valence-electron chi connectivity index (χ4n) is 3.07. The lowest BCUT2D eigenvalue weighted by Crippen LogP contribution is -2.24. The summed E-state index contributed by atoms with van der Waals surface area (Å²) in [5, 5.41) is 9.84. The summed E-state index contributed by atoms with van der Waals surface area (Å²) in [5.74, 6) is 0.512. The normalized spacial score (nSPS) is 23.3. The SMILES string of the molecule is Cc1ccc(N(C)CCC2CCCC2O)c(C)c1. The molecule has 2 unspecified atom stereocenters. The average molecular weight is 247 g/mol. The van der Waals surface area contributed by atoms with E-state index in [-0.39, 0.29) is 6.10 Å². The van der Waals surface area contributed by atoms with Crippen molar-refractivity contribution in [3.05, 3.63) is 29.3 Å². The van der Waals surface area contributed by atoms with E-state index in [9.17, 15) is 5.11 Å². The predicted octanol–water partition coefficient (Wildman–Crippen LogP) is 3.29. The summed E-state index contributed by atoms with van der Waals surface area (Å²) in [6, 6.07) is 6.61. The zero-order valence-corrected chi connectivity index (χ0v) is 11.8. The lowest BCUT2D eigenvalue weighted by atomic mass is 10.0. The van der Waals surface area contributed by atoms with Gasteiger partial charge in [-0.25, -0.2) is 0 Å². The lowest BCUT2D eigenvalue weighted by Gasteiger charge is -2.24. The number of anilines is 1. The molecule has 2 atom stereocenters. The molecule has 0 spiro atoms. The standard InChI is InChI=1S/C16H25NO/c1-12-7-8-15(13(2)11-12)17(3)10-9-14-5-4-6-16(14)18/h7-8,11,14,16,18H,4-6,9-10H2,1-3H3. The van der Waals surface area contributed by atoms with Gasteiger partial charge in [-0.05, 0) is 50.7 Å². The van der Waals surface area contributed by atoms with E-state index in [1.807, 2.05) is 0 Å². The molecule has 1 aliphatic carbocycles. The average Bonchev–Trinajstić information content (AvgIpc) is 2.72. The van der Waals surface area contributed by atoms with Crippen molar-refractivity contribution in [1.29, 1.82) is 0 Å². The summed E-state index contributed by atoms with van der Waals surface area (Å²) in [4.78, 5) is 2.32. The first-order chi connectivity index (χ1) is 8.58. The number of hydrogen-bond donors (Lipinski definition) is 1. The summed E-state index contributed by atoms with van der Waals surface area (Å²) in [5.41, 5.74) is 3.97. The van der Waals surface area contributed by atoms with E-state index >= 15 is 0 Å². The van der Waals surface area contributed by atoms with E-state index in [1.54, 1.807) is 0 Å². The second-order valence-electron chi connectivity index (χ2n) is 5.76. The van der Waals surface area contributed by atoms with Crippen LogP contribution in [0.3, 0.4) is 0 Å². The minimum atomic E-state index is -0.0579. The Labute approximate surface area is 111 Å². The Hall–Kier alpha value is -1.02. The highest BCUT2D eigenvalue weighted by Gasteiger charge is 2.25. The molecule has 1 aliphatic rings. The van der Waals surface area contributed by atoms with Gasteiger partial charge in [0.05, 0.1) is 6.10 Å². The Balaban J connectivity index is 1.93. The topological polar surface area (TPSA) is 23.5 Å². The van der Waals surface area contributed by atoms with Crippen molar-refractivity contribution in [2.24, 2.45) is 5.92 Å². The highest BCUT2D eigenvalue weighted by atomic mass is 16.3. The van der Waals surface area contributed by atoms with Crippen LogP contribution in [0.2, 0.25) is 0 Å². The molecular formula is C16H25NO. The Morgan fingerprint density at radius 1 is 1.28 bits per heavy atom.